The van der Waals surface area contributed by atoms with Crippen LogP contribution in [0.4, 0.5) is 0 Å². The summed E-state index contributed by atoms with van der Waals surface area (Å²) in [4.78, 5) is 0. The van der Waals surface area contributed by atoms with Crippen LogP contribution >= 0.6 is 23.4 Å². The average molecular weight is 247 g/mol. The van der Waals surface area contributed by atoms with Crippen molar-refractivity contribution in [1.29, 1.82) is 10.7 Å². The molecule has 2 rings (SSSR count). The summed E-state index contributed by atoms with van der Waals surface area (Å²) in [5.74, 6) is 0. The van der Waals surface area contributed by atoms with Gasteiger partial charge < -0.3 is 0 Å². The predicted molar refractivity (Wildman–Crippen MR) is 68.4 cm³/mol. The van der Waals surface area contributed by atoms with Gasteiger partial charge in [0.1, 0.15) is 6.07 Å². The van der Waals surface area contributed by atoms with E-state index in [4.69, 9.17) is 17.0 Å². The molecule has 0 unspecified atom stereocenters. The molecule has 0 saturated carbocycles. The van der Waals surface area contributed by atoms with Gasteiger partial charge in [0.25, 0.3) is 0 Å². The number of hydrogen-bond donors (Lipinski definition) is 1. The Labute approximate surface area is 103 Å². The SMILES string of the molecule is N#C/C(=C1/C=CSC1=N)c1ccccc1Cl. The monoisotopic (exact) mass is 246 g/mol. The van der Waals surface area contributed by atoms with Gasteiger partial charge in [0.15, 0.2) is 0 Å². The smallest absolute Gasteiger partial charge is 0.101 e. The number of halogens is 1. The fraction of sp³-hybridized carbons (Fsp3) is 0. The van der Waals surface area contributed by atoms with Gasteiger partial charge in [-0.25, -0.2) is 0 Å². The molecule has 0 aliphatic carbocycles. The van der Waals surface area contributed by atoms with Crippen molar-refractivity contribution in [2.45, 2.75) is 0 Å². The minimum atomic E-state index is 0.386. The second-order valence-corrected chi connectivity index (χ2v) is 4.45. The molecule has 0 radical (unpaired) electrons. The number of allylic oxidation sites excluding steroid dienone is 2. The first-order chi connectivity index (χ1) is 7.74. The predicted octanol–water partition coefficient (Wildman–Crippen LogP) is 3.85. The molecule has 0 amide bonds. The highest BCUT2D eigenvalue weighted by atomic mass is 35.5. The van der Waals surface area contributed by atoms with Crippen molar-refractivity contribution in [3.05, 3.63) is 51.9 Å². The molecule has 0 fully saturated rings. The van der Waals surface area contributed by atoms with E-state index >= 15 is 0 Å². The van der Waals surface area contributed by atoms with Crippen LogP contribution in [0.5, 0.6) is 0 Å². The number of benzene rings is 1. The van der Waals surface area contributed by atoms with E-state index in [0.29, 0.717) is 26.8 Å². The lowest BCUT2D eigenvalue weighted by atomic mass is 10.0. The molecule has 78 valence electrons. The van der Waals surface area contributed by atoms with E-state index in [-0.39, 0.29) is 0 Å². The highest BCUT2D eigenvalue weighted by Crippen LogP contribution is 2.32. The Hall–Kier alpha value is -1.50. The molecule has 0 aromatic heterocycles. The van der Waals surface area contributed by atoms with Gasteiger partial charge in [-0.3, -0.25) is 5.41 Å². The molecule has 4 heteroatoms. The summed E-state index contributed by atoms with van der Waals surface area (Å²) in [7, 11) is 0. The summed E-state index contributed by atoms with van der Waals surface area (Å²) < 4.78 is 0. The first-order valence-corrected chi connectivity index (χ1v) is 5.81. The van der Waals surface area contributed by atoms with E-state index in [9.17, 15) is 5.26 Å². The third-order valence-corrected chi connectivity index (χ3v) is 3.25. The van der Waals surface area contributed by atoms with Crippen LogP contribution in [0.15, 0.2) is 41.3 Å². The van der Waals surface area contributed by atoms with Crippen molar-refractivity contribution < 1.29 is 0 Å². The minimum absolute atomic E-state index is 0.386. The molecule has 1 heterocycles. The zero-order valence-corrected chi connectivity index (χ0v) is 9.77. The molecular weight excluding hydrogens is 240 g/mol. The number of hydrogen-bond acceptors (Lipinski definition) is 3. The zero-order chi connectivity index (χ0) is 11.5. The molecule has 1 aliphatic heterocycles. The molecule has 0 bridgehead atoms. The molecule has 1 aromatic rings. The third kappa shape index (κ3) is 1.90. The number of nitriles is 1. The van der Waals surface area contributed by atoms with Gasteiger partial charge in [-0.2, -0.15) is 5.26 Å². The van der Waals surface area contributed by atoms with Gasteiger partial charge in [0.05, 0.1) is 10.6 Å². The zero-order valence-electron chi connectivity index (χ0n) is 8.20. The van der Waals surface area contributed by atoms with E-state index in [2.05, 4.69) is 6.07 Å². The average Bonchev–Trinajstić information content (AvgIpc) is 2.69. The fourth-order valence-electron chi connectivity index (χ4n) is 1.44. The van der Waals surface area contributed by atoms with Crippen LogP contribution in [-0.2, 0) is 0 Å². The standard InChI is InChI=1S/C12H7ClN2S/c13-11-4-2-1-3-8(11)10(7-14)9-5-6-16-12(9)15/h1-6,15H/b10-9+,15-12?. The number of rotatable bonds is 1. The van der Waals surface area contributed by atoms with Crippen LogP contribution < -0.4 is 0 Å². The Morgan fingerprint density at radius 1 is 1.38 bits per heavy atom. The lowest BCUT2D eigenvalue weighted by molar-refractivity contribution is 1.50. The number of nitrogens with zero attached hydrogens (tertiary/aromatic N) is 1. The number of thioether (sulfide) groups is 1. The van der Waals surface area contributed by atoms with Gasteiger partial charge in [-0.1, -0.05) is 41.6 Å². The van der Waals surface area contributed by atoms with Crippen LogP contribution in [-0.4, -0.2) is 5.04 Å². The maximum absolute atomic E-state index is 9.18. The maximum Gasteiger partial charge on any atom is 0.101 e. The van der Waals surface area contributed by atoms with E-state index in [0.717, 1.165) is 0 Å². The van der Waals surface area contributed by atoms with Crippen molar-refractivity contribution in [2.75, 3.05) is 0 Å². The Morgan fingerprint density at radius 2 is 2.12 bits per heavy atom. The van der Waals surface area contributed by atoms with Gasteiger partial charge >= 0.3 is 0 Å². The molecule has 0 saturated heterocycles. The lowest BCUT2D eigenvalue weighted by Crippen LogP contribution is -1.94. The lowest BCUT2D eigenvalue weighted by Gasteiger charge is -2.04. The second-order valence-electron chi connectivity index (χ2n) is 3.13. The van der Waals surface area contributed by atoms with Crippen molar-refractivity contribution in [3.8, 4) is 6.07 Å². The molecule has 0 atom stereocenters. The van der Waals surface area contributed by atoms with Crippen molar-refractivity contribution in [3.63, 3.8) is 0 Å². The third-order valence-electron chi connectivity index (χ3n) is 2.19. The van der Waals surface area contributed by atoms with Crippen LogP contribution in [0.1, 0.15) is 5.56 Å². The summed E-state index contributed by atoms with van der Waals surface area (Å²) in [6.07, 6.45) is 1.77. The molecule has 2 nitrogen and oxygen atoms in total. The summed E-state index contributed by atoms with van der Waals surface area (Å²) in [5.41, 5.74) is 1.77. The first-order valence-electron chi connectivity index (χ1n) is 4.55. The molecule has 0 spiro atoms. The topological polar surface area (TPSA) is 47.6 Å². The molecule has 1 aromatic carbocycles. The fourth-order valence-corrected chi connectivity index (χ4v) is 2.30. The van der Waals surface area contributed by atoms with Crippen LogP contribution in [0, 0.1) is 16.7 Å². The molecule has 1 aliphatic rings. The highest BCUT2D eigenvalue weighted by Gasteiger charge is 2.16. The van der Waals surface area contributed by atoms with Gasteiger partial charge in [-0.05, 0) is 17.6 Å². The summed E-state index contributed by atoms with van der Waals surface area (Å²) in [6, 6.07) is 9.29. The first kappa shape index (κ1) is 11.0. The van der Waals surface area contributed by atoms with Crippen LogP contribution in [0.3, 0.4) is 0 Å². The minimum Gasteiger partial charge on any atom is -0.293 e. The Kier molecular flexibility index (Phi) is 3.14. The summed E-state index contributed by atoms with van der Waals surface area (Å²) in [5, 5.41) is 19.6. The molecule has 16 heavy (non-hydrogen) atoms. The van der Waals surface area contributed by atoms with Crippen LogP contribution in [0.2, 0.25) is 5.02 Å². The van der Waals surface area contributed by atoms with Crippen molar-refractivity contribution in [1.82, 2.24) is 0 Å². The van der Waals surface area contributed by atoms with E-state index in [1.807, 2.05) is 12.1 Å². The van der Waals surface area contributed by atoms with E-state index < -0.39 is 0 Å². The summed E-state index contributed by atoms with van der Waals surface area (Å²) in [6.45, 7) is 0. The Balaban J connectivity index is 2.62. The van der Waals surface area contributed by atoms with Gasteiger partial charge in [0.2, 0.25) is 0 Å². The van der Waals surface area contributed by atoms with E-state index in [1.54, 1.807) is 23.6 Å². The van der Waals surface area contributed by atoms with E-state index in [1.165, 1.54) is 11.8 Å². The van der Waals surface area contributed by atoms with Crippen molar-refractivity contribution in [2.24, 2.45) is 0 Å². The van der Waals surface area contributed by atoms with Crippen molar-refractivity contribution >= 4 is 34.0 Å². The van der Waals surface area contributed by atoms with Crippen LogP contribution in [0.25, 0.3) is 5.57 Å². The second kappa shape index (κ2) is 4.56. The van der Waals surface area contributed by atoms with Gasteiger partial charge in [-0.15, -0.1) is 0 Å². The maximum atomic E-state index is 9.18. The summed E-state index contributed by atoms with van der Waals surface area (Å²) >= 11 is 7.34. The molecular formula is C12H7ClN2S. The molecule has 1 N–H and O–H groups in total. The normalized spacial score (nSPS) is 17.4. The number of nitrogens with one attached hydrogen (secondary N) is 1. The van der Waals surface area contributed by atoms with Gasteiger partial charge in [0, 0.05) is 16.2 Å². The largest absolute Gasteiger partial charge is 0.293 e. The Morgan fingerprint density at radius 3 is 2.69 bits per heavy atom. The quantitative estimate of drug-likeness (QED) is 0.765. The Bertz CT molecular complexity index is 552. The highest BCUT2D eigenvalue weighted by molar-refractivity contribution is 8.17.